The summed E-state index contributed by atoms with van der Waals surface area (Å²) in [4.78, 5) is 19.8. The Labute approximate surface area is 147 Å². The number of benzene rings is 1. The number of esters is 1. The summed E-state index contributed by atoms with van der Waals surface area (Å²) in [7, 11) is 0. The molecule has 2 unspecified atom stereocenters. The molecular formula is C21H22N2O2. The zero-order chi connectivity index (χ0) is 16.9. The minimum atomic E-state index is -0.184. The van der Waals surface area contributed by atoms with E-state index < -0.39 is 0 Å². The van der Waals surface area contributed by atoms with E-state index >= 15 is 0 Å². The van der Waals surface area contributed by atoms with Crippen LogP contribution in [0.2, 0.25) is 0 Å². The zero-order valence-corrected chi connectivity index (χ0v) is 14.6. The van der Waals surface area contributed by atoms with Gasteiger partial charge in [-0.1, -0.05) is 29.8 Å². The standard InChI is InChI=1S/C21H22N2O2/c1-3-12-10-23-16-8-13(12)18-17(23)9-21(20(18)25-11(2)24)14-6-4-5-7-15(14)22-19(16)21/h3-7,13,16-18,20H,8-10H2,1-2H3/t13-,16-,17-,18-,20+,21?/m0/s1. The summed E-state index contributed by atoms with van der Waals surface area (Å²) in [6, 6.07) is 9.42. The van der Waals surface area contributed by atoms with Crippen LogP contribution in [0.25, 0.3) is 0 Å². The van der Waals surface area contributed by atoms with E-state index in [1.165, 1.54) is 16.8 Å². The van der Waals surface area contributed by atoms with E-state index in [0.717, 1.165) is 25.1 Å². The van der Waals surface area contributed by atoms with Crippen molar-refractivity contribution in [3.05, 3.63) is 41.5 Å². The van der Waals surface area contributed by atoms with Gasteiger partial charge in [-0.25, -0.2) is 0 Å². The SMILES string of the molecule is CC=C1CN2[C@H]3C[C@@H]1[C@@H]1[C@@H](OC(C)=O)C4(C[C@@H]12)C3=Nc1ccccc14. The van der Waals surface area contributed by atoms with E-state index in [4.69, 9.17) is 9.73 Å². The van der Waals surface area contributed by atoms with Crippen molar-refractivity contribution >= 4 is 17.4 Å². The maximum absolute atomic E-state index is 12.0. The summed E-state index contributed by atoms with van der Waals surface area (Å²) in [5, 5.41) is 0. The second kappa shape index (κ2) is 4.42. The molecule has 6 aliphatic rings. The number of fused-ring (bicyclic) bond motifs is 2. The lowest BCUT2D eigenvalue weighted by molar-refractivity contribution is -0.152. The molecule has 25 heavy (non-hydrogen) atoms. The summed E-state index contributed by atoms with van der Waals surface area (Å²) < 4.78 is 6.09. The van der Waals surface area contributed by atoms with Gasteiger partial charge < -0.3 is 4.74 Å². The first kappa shape index (κ1) is 14.3. The molecule has 4 nitrogen and oxygen atoms in total. The molecule has 7 atom stereocenters. The molecule has 0 N–H and O–H groups in total. The normalized spacial score (nSPS) is 46.2. The average molecular weight is 334 g/mol. The average Bonchev–Trinajstić information content (AvgIpc) is 3.09. The minimum Gasteiger partial charge on any atom is -0.461 e. The van der Waals surface area contributed by atoms with E-state index in [1.54, 1.807) is 6.92 Å². The number of hydrogen-bond acceptors (Lipinski definition) is 4. The summed E-state index contributed by atoms with van der Waals surface area (Å²) in [6.07, 6.45) is 4.40. The largest absolute Gasteiger partial charge is 0.461 e. The van der Waals surface area contributed by atoms with Gasteiger partial charge in [-0.2, -0.15) is 0 Å². The van der Waals surface area contributed by atoms with Gasteiger partial charge >= 0.3 is 5.97 Å². The molecule has 7 rings (SSSR count). The quantitative estimate of drug-likeness (QED) is 0.586. The van der Waals surface area contributed by atoms with Crippen LogP contribution in [-0.4, -0.2) is 41.3 Å². The van der Waals surface area contributed by atoms with Gasteiger partial charge in [0.2, 0.25) is 0 Å². The minimum absolute atomic E-state index is 0.0763. The molecule has 4 saturated heterocycles. The van der Waals surface area contributed by atoms with Gasteiger partial charge in [-0.15, -0.1) is 0 Å². The number of para-hydroxylation sites is 1. The predicted molar refractivity (Wildman–Crippen MR) is 95.0 cm³/mol. The highest BCUT2D eigenvalue weighted by atomic mass is 16.5. The first-order chi connectivity index (χ1) is 12.1. The van der Waals surface area contributed by atoms with E-state index in [1.807, 2.05) is 0 Å². The summed E-state index contributed by atoms with van der Waals surface area (Å²) >= 11 is 0. The molecule has 1 spiro atoms. The van der Waals surface area contributed by atoms with Crippen molar-refractivity contribution in [3.8, 4) is 0 Å². The van der Waals surface area contributed by atoms with Crippen LogP contribution in [0.5, 0.6) is 0 Å². The third-order valence-electron chi connectivity index (χ3n) is 7.48. The van der Waals surface area contributed by atoms with Gasteiger partial charge in [0.25, 0.3) is 0 Å². The predicted octanol–water partition coefficient (Wildman–Crippen LogP) is 2.99. The van der Waals surface area contributed by atoms with Crippen molar-refractivity contribution in [3.63, 3.8) is 0 Å². The smallest absolute Gasteiger partial charge is 0.302 e. The van der Waals surface area contributed by atoms with Gasteiger partial charge in [0, 0.05) is 25.4 Å². The zero-order valence-electron chi connectivity index (χ0n) is 14.6. The molecule has 1 aromatic carbocycles. The highest BCUT2D eigenvalue weighted by molar-refractivity contribution is 6.08. The number of aliphatic imine (C=N–C) groups is 1. The lowest BCUT2D eigenvalue weighted by atomic mass is 9.66. The Bertz CT molecular complexity index is 872. The second-order valence-electron chi connectivity index (χ2n) is 8.26. The Morgan fingerprint density at radius 3 is 3.04 bits per heavy atom. The highest BCUT2D eigenvalue weighted by Gasteiger charge is 2.73. The molecule has 0 radical (unpaired) electrons. The van der Waals surface area contributed by atoms with Crippen molar-refractivity contribution in [2.75, 3.05) is 6.54 Å². The Balaban J connectivity index is 1.62. The molecular weight excluding hydrogens is 312 g/mol. The highest BCUT2D eigenvalue weighted by Crippen LogP contribution is 2.66. The number of hydrogen-bond donors (Lipinski definition) is 0. The number of piperidine rings is 4. The summed E-state index contributed by atoms with van der Waals surface area (Å²) in [6.45, 7) is 4.77. The van der Waals surface area contributed by atoms with Crippen molar-refractivity contribution in [2.45, 2.75) is 50.3 Å². The molecule has 5 aliphatic heterocycles. The topological polar surface area (TPSA) is 41.9 Å². The number of allylic oxidation sites excluding steroid dienone is 1. The molecule has 4 heteroatoms. The molecule has 1 saturated carbocycles. The molecule has 5 bridgehead atoms. The molecule has 1 aromatic rings. The van der Waals surface area contributed by atoms with Crippen LogP contribution < -0.4 is 0 Å². The van der Waals surface area contributed by atoms with Crippen LogP contribution in [0, 0.1) is 11.8 Å². The van der Waals surface area contributed by atoms with Gasteiger partial charge in [0.15, 0.2) is 0 Å². The Kier molecular flexibility index (Phi) is 2.52. The molecule has 5 fully saturated rings. The number of nitrogens with zero attached hydrogens (tertiary/aromatic N) is 2. The van der Waals surface area contributed by atoms with Crippen LogP contribution in [0.3, 0.4) is 0 Å². The van der Waals surface area contributed by atoms with E-state index in [-0.39, 0.29) is 17.5 Å². The van der Waals surface area contributed by atoms with E-state index in [9.17, 15) is 4.79 Å². The third-order valence-corrected chi connectivity index (χ3v) is 7.48. The van der Waals surface area contributed by atoms with Crippen LogP contribution >= 0.6 is 0 Å². The molecule has 0 aromatic heterocycles. The van der Waals surface area contributed by atoms with Gasteiger partial charge in [0.1, 0.15) is 6.10 Å². The van der Waals surface area contributed by atoms with E-state index in [0.29, 0.717) is 23.9 Å². The van der Waals surface area contributed by atoms with Crippen LogP contribution in [-0.2, 0) is 14.9 Å². The molecule has 5 heterocycles. The maximum atomic E-state index is 12.0. The lowest BCUT2D eigenvalue weighted by Crippen LogP contribution is -2.64. The number of carbonyl (C=O) groups excluding carboxylic acids is 1. The number of rotatable bonds is 1. The van der Waals surface area contributed by atoms with Crippen LogP contribution in [0.1, 0.15) is 32.3 Å². The number of carbonyl (C=O) groups is 1. The second-order valence-corrected chi connectivity index (χ2v) is 8.26. The summed E-state index contributed by atoms with van der Waals surface area (Å²) in [5.74, 6) is 0.778. The molecule has 0 amide bonds. The van der Waals surface area contributed by atoms with Crippen LogP contribution in [0.15, 0.2) is 40.9 Å². The van der Waals surface area contributed by atoms with Gasteiger partial charge in [-0.05, 0) is 37.3 Å². The maximum Gasteiger partial charge on any atom is 0.302 e. The Hall–Kier alpha value is -1.94. The monoisotopic (exact) mass is 334 g/mol. The third kappa shape index (κ3) is 1.46. The van der Waals surface area contributed by atoms with Gasteiger partial charge in [-0.3, -0.25) is 14.7 Å². The molecule has 128 valence electrons. The summed E-state index contributed by atoms with van der Waals surface area (Å²) in [5.41, 5.74) is 5.00. The number of ether oxygens (including phenoxy) is 1. The van der Waals surface area contributed by atoms with Crippen molar-refractivity contribution in [2.24, 2.45) is 16.8 Å². The molecule has 1 aliphatic carbocycles. The first-order valence-corrected chi connectivity index (χ1v) is 9.42. The Morgan fingerprint density at radius 2 is 2.24 bits per heavy atom. The van der Waals surface area contributed by atoms with E-state index in [2.05, 4.69) is 42.2 Å². The fourth-order valence-corrected chi connectivity index (χ4v) is 6.78. The first-order valence-electron chi connectivity index (χ1n) is 9.42. The van der Waals surface area contributed by atoms with Crippen molar-refractivity contribution in [1.29, 1.82) is 0 Å². The fraction of sp³-hybridized carbons (Fsp3) is 0.524. The Morgan fingerprint density at radius 1 is 1.40 bits per heavy atom. The van der Waals surface area contributed by atoms with Crippen LogP contribution in [0.4, 0.5) is 5.69 Å². The van der Waals surface area contributed by atoms with Crippen molar-refractivity contribution < 1.29 is 9.53 Å². The fourth-order valence-electron chi connectivity index (χ4n) is 6.78. The van der Waals surface area contributed by atoms with Crippen molar-refractivity contribution in [1.82, 2.24) is 4.90 Å². The van der Waals surface area contributed by atoms with Gasteiger partial charge in [0.05, 0.1) is 22.9 Å². The lowest BCUT2D eigenvalue weighted by Gasteiger charge is -2.55.